The van der Waals surface area contributed by atoms with E-state index in [0.29, 0.717) is 10.9 Å². The van der Waals surface area contributed by atoms with Crippen LogP contribution in [0.1, 0.15) is 27.0 Å². The van der Waals surface area contributed by atoms with E-state index < -0.39 is 8.03 Å². The molecule has 0 N–H and O–H groups in total. The lowest BCUT2D eigenvalue weighted by Crippen LogP contribution is -2.12. The number of aryl methyl sites for hydroxylation is 3. The van der Waals surface area contributed by atoms with E-state index in [1.54, 1.807) is 24.3 Å². The molecule has 0 aliphatic heterocycles. The van der Waals surface area contributed by atoms with Gasteiger partial charge in [-0.1, -0.05) is 35.9 Å². The largest absolute Gasteiger partial charge is 0.292 e. The Hall–Kier alpha value is -1.83. The Bertz CT molecular complexity index is 655. The highest BCUT2D eigenvalue weighted by atomic mass is 31.1. The van der Waals surface area contributed by atoms with Crippen LogP contribution in [0.3, 0.4) is 0 Å². The average molecular weight is 301 g/mol. The standard InChI is InChI=1S/C17H18O3P/c1-12-9-13(2)17(14(3)10-12)16(18)11-20-21(19)15-7-5-4-6-8-15/h4-10H,11H2,1-3H3. The molecule has 0 saturated carbocycles. The van der Waals surface area contributed by atoms with E-state index >= 15 is 0 Å². The van der Waals surface area contributed by atoms with Gasteiger partial charge in [0.1, 0.15) is 6.61 Å². The van der Waals surface area contributed by atoms with Gasteiger partial charge in [-0.05, 0) is 44.0 Å². The second kappa shape index (κ2) is 6.75. The van der Waals surface area contributed by atoms with Crippen LogP contribution in [0.4, 0.5) is 0 Å². The summed E-state index contributed by atoms with van der Waals surface area (Å²) in [5, 5.41) is 0.595. The van der Waals surface area contributed by atoms with E-state index in [-0.39, 0.29) is 12.4 Å². The lowest BCUT2D eigenvalue weighted by Gasteiger charge is -2.10. The summed E-state index contributed by atoms with van der Waals surface area (Å²) in [6.45, 7) is 5.64. The molecule has 109 valence electrons. The molecule has 0 amide bonds. The van der Waals surface area contributed by atoms with Gasteiger partial charge in [0.2, 0.25) is 8.03 Å². The van der Waals surface area contributed by atoms with Gasteiger partial charge in [0.25, 0.3) is 0 Å². The molecular formula is C17H18O3P. The molecule has 0 fully saturated rings. The number of hydrogen-bond donors (Lipinski definition) is 0. The summed E-state index contributed by atoms with van der Waals surface area (Å²) in [7, 11) is -1.99. The van der Waals surface area contributed by atoms with Gasteiger partial charge in [-0.25, -0.2) is 0 Å². The number of carbonyl (C=O) groups excluding carboxylic acids is 1. The van der Waals surface area contributed by atoms with Crippen LogP contribution >= 0.6 is 8.03 Å². The minimum Gasteiger partial charge on any atom is -0.292 e. The van der Waals surface area contributed by atoms with Crippen molar-refractivity contribution in [1.29, 1.82) is 0 Å². The first-order valence-electron chi connectivity index (χ1n) is 6.75. The van der Waals surface area contributed by atoms with Gasteiger partial charge in [-0.3, -0.25) is 13.9 Å². The monoisotopic (exact) mass is 301 g/mol. The minimum atomic E-state index is -1.99. The van der Waals surface area contributed by atoms with Gasteiger partial charge in [0, 0.05) is 5.56 Å². The number of benzene rings is 2. The third-order valence-electron chi connectivity index (χ3n) is 3.24. The molecule has 4 heteroatoms. The highest BCUT2D eigenvalue weighted by molar-refractivity contribution is 7.48. The highest BCUT2D eigenvalue weighted by Gasteiger charge is 2.15. The summed E-state index contributed by atoms with van der Waals surface area (Å²) >= 11 is 0. The van der Waals surface area contributed by atoms with Gasteiger partial charge >= 0.3 is 0 Å². The molecule has 0 bridgehead atoms. The zero-order valence-electron chi connectivity index (χ0n) is 12.4. The summed E-state index contributed by atoms with van der Waals surface area (Å²) in [6.07, 6.45) is 0. The third kappa shape index (κ3) is 3.84. The predicted octanol–water partition coefficient (Wildman–Crippen LogP) is 3.88. The van der Waals surface area contributed by atoms with Crippen molar-refractivity contribution < 1.29 is 13.9 Å². The molecule has 2 aromatic carbocycles. The highest BCUT2D eigenvalue weighted by Crippen LogP contribution is 2.23. The maximum Gasteiger partial charge on any atom is 0.247 e. The van der Waals surface area contributed by atoms with E-state index in [0.717, 1.165) is 16.7 Å². The van der Waals surface area contributed by atoms with Crippen LogP contribution in [-0.4, -0.2) is 12.4 Å². The smallest absolute Gasteiger partial charge is 0.247 e. The normalized spacial score (nSPS) is 11.3. The van der Waals surface area contributed by atoms with Gasteiger partial charge in [-0.2, -0.15) is 0 Å². The number of Topliss-reactive ketones (excluding diaryl/α,β-unsaturated/α-hetero) is 1. The van der Waals surface area contributed by atoms with Gasteiger partial charge < -0.3 is 0 Å². The third-order valence-corrected chi connectivity index (χ3v) is 4.32. The van der Waals surface area contributed by atoms with Crippen LogP contribution < -0.4 is 5.30 Å². The second-order valence-corrected chi connectivity index (χ2v) is 6.35. The molecule has 1 unspecified atom stereocenters. The van der Waals surface area contributed by atoms with Crippen LogP contribution in [0.5, 0.6) is 0 Å². The molecular weight excluding hydrogens is 283 g/mol. The fraction of sp³-hybridized carbons (Fsp3) is 0.235. The van der Waals surface area contributed by atoms with Crippen molar-refractivity contribution in [1.82, 2.24) is 0 Å². The first-order chi connectivity index (χ1) is 9.99. The van der Waals surface area contributed by atoms with Crippen molar-refractivity contribution in [3.05, 3.63) is 64.7 Å². The number of rotatable bonds is 5. The van der Waals surface area contributed by atoms with Crippen molar-refractivity contribution >= 4 is 19.1 Å². The Labute approximate surface area is 125 Å². The maximum absolute atomic E-state index is 12.3. The summed E-state index contributed by atoms with van der Waals surface area (Å²) in [5.41, 5.74) is 3.64. The summed E-state index contributed by atoms with van der Waals surface area (Å²) in [6, 6.07) is 12.8. The molecule has 0 saturated heterocycles. The van der Waals surface area contributed by atoms with E-state index in [9.17, 15) is 9.36 Å². The molecule has 3 nitrogen and oxygen atoms in total. The SMILES string of the molecule is Cc1cc(C)c(C(=O)CO[P](=O)c2ccccc2)c(C)c1. The molecule has 0 heterocycles. The second-order valence-electron chi connectivity index (χ2n) is 5.06. The Morgan fingerprint density at radius 1 is 1.05 bits per heavy atom. The van der Waals surface area contributed by atoms with Crippen molar-refractivity contribution in [3.8, 4) is 0 Å². The lowest BCUT2D eigenvalue weighted by molar-refractivity contribution is 0.0926. The Morgan fingerprint density at radius 2 is 1.62 bits per heavy atom. The van der Waals surface area contributed by atoms with E-state index in [4.69, 9.17) is 4.52 Å². The van der Waals surface area contributed by atoms with Crippen molar-refractivity contribution in [2.45, 2.75) is 20.8 Å². The number of ketones is 1. The first kappa shape index (κ1) is 15.6. The molecule has 0 spiro atoms. The van der Waals surface area contributed by atoms with Gasteiger partial charge in [-0.15, -0.1) is 0 Å². The van der Waals surface area contributed by atoms with Crippen LogP contribution in [0.2, 0.25) is 0 Å². The van der Waals surface area contributed by atoms with Crippen molar-refractivity contribution in [2.24, 2.45) is 0 Å². The Kier molecular flexibility index (Phi) is 5.00. The molecule has 0 aliphatic rings. The van der Waals surface area contributed by atoms with Crippen LogP contribution in [0.25, 0.3) is 0 Å². The quantitative estimate of drug-likeness (QED) is 0.622. The summed E-state index contributed by atoms with van der Waals surface area (Å²) < 4.78 is 17.2. The van der Waals surface area contributed by atoms with Gasteiger partial charge in [0.05, 0.1) is 5.30 Å². The molecule has 0 aromatic heterocycles. The van der Waals surface area contributed by atoms with E-state index in [1.807, 2.05) is 39.0 Å². The lowest BCUT2D eigenvalue weighted by atomic mass is 9.97. The zero-order chi connectivity index (χ0) is 15.4. The fourth-order valence-corrected chi connectivity index (χ4v) is 3.23. The predicted molar refractivity (Wildman–Crippen MR) is 84.6 cm³/mol. The molecule has 0 aliphatic carbocycles. The molecule has 2 aromatic rings. The van der Waals surface area contributed by atoms with E-state index in [2.05, 4.69) is 0 Å². The molecule has 21 heavy (non-hydrogen) atoms. The summed E-state index contributed by atoms with van der Waals surface area (Å²) in [5.74, 6) is -0.135. The minimum absolute atomic E-state index is 0.135. The topological polar surface area (TPSA) is 43.4 Å². The molecule has 1 atom stereocenters. The zero-order valence-corrected chi connectivity index (χ0v) is 13.3. The molecule has 2 rings (SSSR count). The first-order valence-corrected chi connectivity index (χ1v) is 7.93. The molecule has 1 radical (unpaired) electrons. The van der Waals surface area contributed by atoms with Crippen LogP contribution in [0, 0.1) is 20.8 Å². The van der Waals surface area contributed by atoms with Crippen molar-refractivity contribution in [3.63, 3.8) is 0 Å². The van der Waals surface area contributed by atoms with Crippen LogP contribution in [-0.2, 0) is 9.09 Å². The van der Waals surface area contributed by atoms with Gasteiger partial charge in [0.15, 0.2) is 5.78 Å². The summed E-state index contributed by atoms with van der Waals surface area (Å²) in [4.78, 5) is 12.3. The van der Waals surface area contributed by atoms with E-state index in [1.165, 1.54) is 0 Å². The average Bonchev–Trinajstić information content (AvgIpc) is 2.44. The maximum atomic E-state index is 12.3. The fourth-order valence-electron chi connectivity index (χ4n) is 2.43. The number of hydrogen-bond acceptors (Lipinski definition) is 3. The number of carbonyl (C=O) groups is 1. The van der Waals surface area contributed by atoms with Crippen LogP contribution in [0.15, 0.2) is 42.5 Å². The Morgan fingerprint density at radius 3 is 2.19 bits per heavy atom. The van der Waals surface area contributed by atoms with Crippen molar-refractivity contribution in [2.75, 3.05) is 6.61 Å². The Balaban J connectivity index is 2.08.